The SMILES string of the molecule is CN(c1ccc(Cl)cc1CCl)C1CCOCC1. The fourth-order valence-electron chi connectivity index (χ4n) is 2.27. The lowest BCUT2D eigenvalue weighted by molar-refractivity contribution is 0.0854. The molecule has 0 N–H and O–H groups in total. The van der Waals surface area contributed by atoms with E-state index in [1.165, 1.54) is 5.69 Å². The highest BCUT2D eigenvalue weighted by Gasteiger charge is 2.20. The molecule has 2 rings (SSSR count). The van der Waals surface area contributed by atoms with Crippen LogP contribution in [0.25, 0.3) is 0 Å². The van der Waals surface area contributed by atoms with E-state index in [-0.39, 0.29) is 0 Å². The fourth-order valence-corrected chi connectivity index (χ4v) is 2.68. The van der Waals surface area contributed by atoms with E-state index in [1.807, 2.05) is 12.1 Å². The number of ether oxygens (including phenoxy) is 1. The molecule has 0 radical (unpaired) electrons. The molecule has 1 aromatic carbocycles. The van der Waals surface area contributed by atoms with Crippen LogP contribution in [-0.2, 0) is 10.6 Å². The molecule has 0 spiro atoms. The summed E-state index contributed by atoms with van der Waals surface area (Å²) in [4.78, 5) is 2.30. The zero-order chi connectivity index (χ0) is 12.3. The van der Waals surface area contributed by atoms with Crippen molar-refractivity contribution in [2.24, 2.45) is 0 Å². The molecule has 1 saturated heterocycles. The van der Waals surface area contributed by atoms with Crippen molar-refractivity contribution in [2.45, 2.75) is 24.8 Å². The van der Waals surface area contributed by atoms with Crippen molar-refractivity contribution in [3.63, 3.8) is 0 Å². The molecule has 0 unspecified atom stereocenters. The maximum atomic E-state index is 5.99. The van der Waals surface area contributed by atoms with E-state index < -0.39 is 0 Å². The van der Waals surface area contributed by atoms with Crippen molar-refractivity contribution in [1.82, 2.24) is 0 Å². The van der Waals surface area contributed by atoms with Crippen LogP contribution < -0.4 is 4.90 Å². The summed E-state index contributed by atoms with van der Waals surface area (Å²) in [6.07, 6.45) is 2.14. The number of nitrogens with zero attached hydrogens (tertiary/aromatic N) is 1. The first kappa shape index (κ1) is 13.0. The third-order valence-corrected chi connectivity index (χ3v) is 3.83. The highest BCUT2D eigenvalue weighted by Crippen LogP contribution is 2.28. The van der Waals surface area contributed by atoms with E-state index in [2.05, 4.69) is 18.0 Å². The van der Waals surface area contributed by atoms with Crippen LogP contribution in [0.5, 0.6) is 0 Å². The molecule has 0 aliphatic carbocycles. The summed E-state index contributed by atoms with van der Waals surface area (Å²) in [7, 11) is 2.12. The highest BCUT2D eigenvalue weighted by molar-refractivity contribution is 6.30. The van der Waals surface area contributed by atoms with Gasteiger partial charge in [-0.3, -0.25) is 0 Å². The Morgan fingerprint density at radius 3 is 2.71 bits per heavy atom. The molecule has 94 valence electrons. The van der Waals surface area contributed by atoms with Crippen molar-refractivity contribution in [2.75, 3.05) is 25.2 Å². The van der Waals surface area contributed by atoms with E-state index in [0.29, 0.717) is 11.9 Å². The number of alkyl halides is 1. The number of hydrogen-bond acceptors (Lipinski definition) is 2. The summed E-state index contributed by atoms with van der Waals surface area (Å²) < 4.78 is 5.39. The Balaban J connectivity index is 2.19. The molecule has 0 amide bonds. The molecule has 2 nitrogen and oxygen atoms in total. The fraction of sp³-hybridized carbons (Fsp3) is 0.538. The molecule has 1 fully saturated rings. The van der Waals surface area contributed by atoms with Gasteiger partial charge in [0.15, 0.2) is 0 Å². The van der Waals surface area contributed by atoms with Gasteiger partial charge in [0.25, 0.3) is 0 Å². The Morgan fingerprint density at radius 2 is 2.06 bits per heavy atom. The van der Waals surface area contributed by atoms with E-state index in [9.17, 15) is 0 Å². The molecule has 4 heteroatoms. The second-order valence-corrected chi connectivity index (χ2v) is 5.06. The number of hydrogen-bond donors (Lipinski definition) is 0. The van der Waals surface area contributed by atoms with Crippen LogP contribution in [0, 0.1) is 0 Å². The predicted octanol–water partition coefficient (Wildman–Crippen LogP) is 3.69. The minimum absolute atomic E-state index is 0.490. The third-order valence-electron chi connectivity index (χ3n) is 3.30. The number of halogens is 2. The quantitative estimate of drug-likeness (QED) is 0.779. The Morgan fingerprint density at radius 1 is 1.35 bits per heavy atom. The summed E-state index contributed by atoms with van der Waals surface area (Å²) in [5, 5.41) is 0.741. The van der Waals surface area contributed by atoms with Gasteiger partial charge in [-0.25, -0.2) is 0 Å². The first-order valence-electron chi connectivity index (χ1n) is 5.87. The van der Waals surface area contributed by atoms with Gasteiger partial charge in [-0.1, -0.05) is 11.6 Å². The molecule has 1 aromatic rings. The van der Waals surface area contributed by atoms with E-state index in [1.54, 1.807) is 0 Å². The first-order valence-corrected chi connectivity index (χ1v) is 6.78. The van der Waals surface area contributed by atoms with Crippen LogP contribution in [0.4, 0.5) is 5.69 Å². The maximum absolute atomic E-state index is 5.99. The maximum Gasteiger partial charge on any atom is 0.0495 e. The average Bonchev–Trinajstić information content (AvgIpc) is 2.39. The molecule has 1 aliphatic rings. The van der Waals surface area contributed by atoms with Gasteiger partial charge in [-0.15, -0.1) is 11.6 Å². The Labute approximate surface area is 112 Å². The van der Waals surface area contributed by atoms with E-state index >= 15 is 0 Å². The molecule has 0 bridgehead atoms. The van der Waals surface area contributed by atoms with Crippen molar-refractivity contribution < 1.29 is 4.74 Å². The minimum Gasteiger partial charge on any atom is -0.381 e. The lowest BCUT2D eigenvalue weighted by atomic mass is 10.1. The zero-order valence-corrected chi connectivity index (χ0v) is 11.5. The van der Waals surface area contributed by atoms with Gasteiger partial charge < -0.3 is 9.64 Å². The average molecular weight is 274 g/mol. The van der Waals surface area contributed by atoms with Gasteiger partial charge in [0.2, 0.25) is 0 Å². The smallest absolute Gasteiger partial charge is 0.0495 e. The summed E-state index contributed by atoms with van der Waals surface area (Å²) in [6, 6.07) is 6.45. The summed E-state index contributed by atoms with van der Waals surface area (Å²) in [5.74, 6) is 0.490. The van der Waals surface area contributed by atoms with Gasteiger partial charge in [0.05, 0.1) is 0 Å². The van der Waals surface area contributed by atoms with E-state index in [4.69, 9.17) is 27.9 Å². The zero-order valence-electron chi connectivity index (χ0n) is 9.96. The third kappa shape index (κ3) is 3.06. The standard InChI is InChI=1S/C13H17Cl2NO/c1-16(12-4-6-17-7-5-12)13-3-2-11(15)8-10(13)9-14/h2-3,8,12H,4-7,9H2,1H3. The molecular formula is C13H17Cl2NO. The van der Waals surface area contributed by atoms with Gasteiger partial charge >= 0.3 is 0 Å². The van der Waals surface area contributed by atoms with Crippen LogP contribution in [0.15, 0.2) is 18.2 Å². The normalized spacial score (nSPS) is 17.1. The van der Waals surface area contributed by atoms with Crippen molar-refractivity contribution in [3.05, 3.63) is 28.8 Å². The van der Waals surface area contributed by atoms with Gasteiger partial charge in [-0.2, -0.15) is 0 Å². The molecule has 17 heavy (non-hydrogen) atoms. The number of anilines is 1. The minimum atomic E-state index is 0.490. The topological polar surface area (TPSA) is 12.5 Å². The summed E-state index contributed by atoms with van der Waals surface area (Å²) in [6.45, 7) is 1.69. The van der Waals surface area contributed by atoms with Crippen LogP contribution in [0.3, 0.4) is 0 Å². The molecule has 0 aromatic heterocycles. The lowest BCUT2D eigenvalue weighted by Gasteiger charge is -2.34. The Hall–Kier alpha value is -0.440. The Kier molecular flexibility index (Phi) is 4.55. The van der Waals surface area contributed by atoms with Crippen molar-refractivity contribution >= 4 is 28.9 Å². The Bertz CT molecular complexity index is 378. The number of rotatable bonds is 3. The van der Waals surface area contributed by atoms with Gasteiger partial charge in [0, 0.05) is 42.9 Å². The van der Waals surface area contributed by atoms with Crippen molar-refractivity contribution in [1.29, 1.82) is 0 Å². The largest absolute Gasteiger partial charge is 0.381 e. The van der Waals surface area contributed by atoms with Crippen LogP contribution >= 0.6 is 23.2 Å². The van der Waals surface area contributed by atoms with Crippen LogP contribution in [0.1, 0.15) is 18.4 Å². The monoisotopic (exact) mass is 273 g/mol. The molecular weight excluding hydrogens is 257 g/mol. The van der Waals surface area contributed by atoms with Gasteiger partial charge in [-0.05, 0) is 36.6 Å². The highest BCUT2D eigenvalue weighted by atomic mass is 35.5. The molecule has 1 heterocycles. The predicted molar refractivity (Wildman–Crippen MR) is 73.3 cm³/mol. The van der Waals surface area contributed by atoms with Crippen LogP contribution in [0.2, 0.25) is 5.02 Å². The van der Waals surface area contributed by atoms with Gasteiger partial charge in [0.1, 0.15) is 0 Å². The first-order chi connectivity index (χ1) is 8.22. The second kappa shape index (κ2) is 5.94. The summed E-state index contributed by atoms with van der Waals surface area (Å²) in [5.41, 5.74) is 2.27. The van der Waals surface area contributed by atoms with Crippen LogP contribution in [-0.4, -0.2) is 26.3 Å². The number of benzene rings is 1. The van der Waals surface area contributed by atoms with Crippen molar-refractivity contribution in [3.8, 4) is 0 Å². The second-order valence-electron chi connectivity index (χ2n) is 4.36. The molecule has 1 aliphatic heterocycles. The lowest BCUT2D eigenvalue weighted by Crippen LogP contribution is -2.37. The van der Waals surface area contributed by atoms with E-state index in [0.717, 1.165) is 36.6 Å². The molecule has 0 atom stereocenters. The summed E-state index contributed by atoms with van der Waals surface area (Å²) >= 11 is 12.0. The molecule has 0 saturated carbocycles.